The number of hydrogen-bond donors (Lipinski definition) is 1. The molecule has 0 unspecified atom stereocenters. The second-order valence-electron chi connectivity index (χ2n) is 7.20. The number of benzene rings is 1. The Labute approximate surface area is 142 Å². The topological polar surface area (TPSA) is 65.6 Å². The molecule has 1 aromatic heterocycles. The molecule has 2 aliphatic heterocycles. The summed E-state index contributed by atoms with van der Waals surface area (Å²) in [5, 5.41) is 14.8. The molecule has 6 nitrogen and oxygen atoms in total. The van der Waals surface area contributed by atoms with Gasteiger partial charge < -0.3 is 19.4 Å². The molecule has 0 saturated carbocycles. The zero-order chi connectivity index (χ0) is 16.6. The molecule has 1 aromatic carbocycles. The van der Waals surface area contributed by atoms with E-state index in [9.17, 15) is 5.11 Å². The maximum atomic E-state index is 10.6. The van der Waals surface area contributed by atoms with Crippen molar-refractivity contribution in [1.29, 1.82) is 0 Å². The van der Waals surface area contributed by atoms with Gasteiger partial charge in [0.15, 0.2) is 0 Å². The van der Waals surface area contributed by atoms with E-state index in [2.05, 4.69) is 27.0 Å². The van der Waals surface area contributed by atoms with Crippen molar-refractivity contribution in [3.8, 4) is 11.5 Å². The first-order valence-electron chi connectivity index (χ1n) is 8.67. The first-order chi connectivity index (χ1) is 11.7. The van der Waals surface area contributed by atoms with E-state index in [0.29, 0.717) is 11.8 Å². The van der Waals surface area contributed by atoms with Crippen LogP contribution in [0.1, 0.15) is 19.3 Å². The molecule has 3 heterocycles. The van der Waals surface area contributed by atoms with E-state index in [0.717, 1.165) is 51.0 Å². The van der Waals surface area contributed by atoms with Crippen LogP contribution in [0.15, 0.2) is 34.9 Å². The molecule has 4 rings (SSSR count). The van der Waals surface area contributed by atoms with E-state index >= 15 is 0 Å². The van der Waals surface area contributed by atoms with Crippen LogP contribution in [-0.2, 0) is 0 Å². The van der Waals surface area contributed by atoms with Gasteiger partial charge in [0.25, 0.3) is 11.8 Å². The van der Waals surface area contributed by atoms with Crippen LogP contribution in [0.4, 0.5) is 5.95 Å². The van der Waals surface area contributed by atoms with Gasteiger partial charge in [-0.15, -0.1) is 0 Å². The monoisotopic (exact) mass is 328 g/mol. The van der Waals surface area contributed by atoms with Gasteiger partial charge in [-0.1, -0.05) is 18.2 Å². The number of hydrogen-bond acceptors (Lipinski definition) is 6. The highest BCUT2D eigenvalue weighted by Gasteiger charge is 2.45. The minimum atomic E-state index is -0.253. The quantitative estimate of drug-likeness (QED) is 0.910. The number of likely N-dealkylation sites (tertiary alicyclic amines) is 1. The largest absolute Gasteiger partial charge is 0.392 e. The highest BCUT2D eigenvalue weighted by molar-refractivity contribution is 5.54. The van der Waals surface area contributed by atoms with Gasteiger partial charge in [-0.05, 0) is 43.6 Å². The van der Waals surface area contributed by atoms with Crippen LogP contribution in [0.25, 0.3) is 11.5 Å². The van der Waals surface area contributed by atoms with E-state index in [1.807, 2.05) is 30.3 Å². The Bertz CT molecular complexity index is 689. The smallest absolute Gasteiger partial charge is 0.266 e. The lowest BCUT2D eigenvalue weighted by molar-refractivity contribution is -0.0468. The molecule has 6 heteroatoms. The minimum Gasteiger partial charge on any atom is -0.392 e. The lowest BCUT2D eigenvalue weighted by atomic mass is 9.72. The minimum absolute atomic E-state index is 0.0845. The van der Waals surface area contributed by atoms with E-state index in [1.165, 1.54) is 0 Å². The second kappa shape index (κ2) is 6.18. The zero-order valence-corrected chi connectivity index (χ0v) is 14.1. The van der Waals surface area contributed by atoms with Gasteiger partial charge in [0.2, 0.25) is 0 Å². The summed E-state index contributed by atoms with van der Waals surface area (Å²) in [5.74, 6) is 1.18. The Hall–Kier alpha value is -1.92. The van der Waals surface area contributed by atoms with Crippen LogP contribution in [0.5, 0.6) is 0 Å². The van der Waals surface area contributed by atoms with Crippen molar-refractivity contribution in [2.24, 2.45) is 5.41 Å². The molecule has 2 aromatic rings. The van der Waals surface area contributed by atoms with E-state index in [1.54, 1.807) is 0 Å². The van der Waals surface area contributed by atoms with Crippen molar-refractivity contribution in [3.63, 3.8) is 0 Å². The lowest BCUT2D eigenvalue weighted by Gasteiger charge is -2.50. The third-order valence-electron chi connectivity index (χ3n) is 5.40. The number of anilines is 1. The fraction of sp³-hybridized carbons (Fsp3) is 0.556. The van der Waals surface area contributed by atoms with Gasteiger partial charge in [-0.3, -0.25) is 0 Å². The predicted molar refractivity (Wildman–Crippen MR) is 91.7 cm³/mol. The Kier molecular flexibility index (Phi) is 4.02. The first-order valence-corrected chi connectivity index (χ1v) is 8.67. The third kappa shape index (κ3) is 2.80. The van der Waals surface area contributed by atoms with E-state index in [-0.39, 0.29) is 11.5 Å². The average Bonchev–Trinajstić information content (AvgIpc) is 3.10. The highest BCUT2D eigenvalue weighted by atomic mass is 16.5. The van der Waals surface area contributed by atoms with Crippen LogP contribution in [0.2, 0.25) is 0 Å². The summed E-state index contributed by atoms with van der Waals surface area (Å²) in [6.45, 7) is 3.58. The summed E-state index contributed by atoms with van der Waals surface area (Å²) in [5.41, 5.74) is 0.846. The van der Waals surface area contributed by atoms with Crippen molar-refractivity contribution in [2.75, 3.05) is 38.1 Å². The molecule has 2 atom stereocenters. The lowest BCUT2D eigenvalue weighted by Crippen LogP contribution is -2.58. The first kappa shape index (κ1) is 15.6. The molecule has 24 heavy (non-hydrogen) atoms. The number of aromatic nitrogens is 2. The molecule has 0 radical (unpaired) electrons. The predicted octanol–water partition coefficient (Wildman–Crippen LogP) is 2.02. The molecule has 0 aliphatic carbocycles. The summed E-state index contributed by atoms with van der Waals surface area (Å²) >= 11 is 0. The van der Waals surface area contributed by atoms with Crippen molar-refractivity contribution in [2.45, 2.75) is 25.4 Å². The van der Waals surface area contributed by atoms with Gasteiger partial charge in [0.05, 0.1) is 6.10 Å². The molecule has 128 valence electrons. The van der Waals surface area contributed by atoms with Crippen molar-refractivity contribution in [1.82, 2.24) is 15.0 Å². The second-order valence-corrected chi connectivity index (χ2v) is 7.20. The van der Waals surface area contributed by atoms with Gasteiger partial charge in [0.1, 0.15) is 0 Å². The standard InChI is InChI=1S/C18H24N4O2/c1-21-11-8-15(23)18(12-21)9-5-10-22(13-18)17-19-16(24-20-17)14-6-3-2-4-7-14/h2-4,6-7,15,23H,5,8-13H2,1H3/t15-,18-/m0/s1. The number of aliphatic hydroxyl groups is 1. The Balaban J connectivity index is 1.55. The third-order valence-corrected chi connectivity index (χ3v) is 5.40. The van der Waals surface area contributed by atoms with Crippen LogP contribution in [0.3, 0.4) is 0 Å². The molecule has 1 N–H and O–H groups in total. The summed E-state index contributed by atoms with van der Waals surface area (Å²) in [4.78, 5) is 9.07. The SMILES string of the molecule is CN1CC[C@H](O)[C@@]2(CCCN(c3noc(-c4ccccc4)n3)C2)C1. The maximum Gasteiger partial charge on any atom is 0.266 e. The van der Waals surface area contributed by atoms with Gasteiger partial charge in [-0.25, -0.2) is 0 Å². The van der Waals surface area contributed by atoms with E-state index in [4.69, 9.17) is 4.52 Å². The summed E-state index contributed by atoms with van der Waals surface area (Å²) in [6.07, 6.45) is 2.68. The van der Waals surface area contributed by atoms with E-state index < -0.39 is 0 Å². The number of aliphatic hydroxyl groups excluding tert-OH is 1. The number of rotatable bonds is 2. The Morgan fingerprint density at radius 1 is 1.21 bits per heavy atom. The van der Waals surface area contributed by atoms with Crippen LogP contribution < -0.4 is 4.90 Å². The molecule has 0 amide bonds. The normalized spacial score (nSPS) is 28.4. The van der Waals surface area contributed by atoms with Crippen molar-refractivity contribution >= 4 is 5.95 Å². The maximum absolute atomic E-state index is 10.6. The molecule has 2 fully saturated rings. The molecule has 2 saturated heterocycles. The van der Waals surface area contributed by atoms with Crippen molar-refractivity contribution in [3.05, 3.63) is 30.3 Å². The molecule has 0 bridgehead atoms. The number of nitrogens with zero attached hydrogens (tertiary/aromatic N) is 4. The fourth-order valence-electron chi connectivity index (χ4n) is 4.14. The van der Waals surface area contributed by atoms with Gasteiger partial charge in [-0.2, -0.15) is 4.98 Å². The molecule has 1 spiro atoms. The Morgan fingerprint density at radius 2 is 2.04 bits per heavy atom. The Morgan fingerprint density at radius 3 is 2.88 bits per heavy atom. The van der Waals surface area contributed by atoms with Crippen molar-refractivity contribution < 1.29 is 9.63 Å². The average molecular weight is 328 g/mol. The summed E-state index contributed by atoms with van der Waals surface area (Å²) in [6, 6.07) is 9.83. The zero-order valence-electron chi connectivity index (χ0n) is 14.1. The number of piperidine rings is 2. The summed E-state index contributed by atoms with van der Waals surface area (Å²) in [7, 11) is 2.13. The molecular weight excluding hydrogens is 304 g/mol. The summed E-state index contributed by atoms with van der Waals surface area (Å²) < 4.78 is 5.45. The van der Waals surface area contributed by atoms with Crippen LogP contribution in [0, 0.1) is 5.41 Å². The van der Waals surface area contributed by atoms with Crippen LogP contribution >= 0.6 is 0 Å². The van der Waals surface area contributed by atoms with Gasteiger partial charge in [0, 0.05) is 37.2 Å². The highest BCUT2D eigenvalue weighted by Crippen LogP contribution is 2.39. The van der Waals surface area contributed by atoms with Crippen LogP contribution in [-0.4, -0.2) is 59.5 Å². The fourth-order valence-corrected chi connectivity index (χ4v) is 4.14. The van der Waals surface area contributed by atoms with Gasteiger partial charge >= 0.3 is 0 Å². The molecule has 2 aliphatic rings. The molecular formula is C18H24N4O2.